The van der Waals surface area contributed by atoms with Crippen LogP contribution < -0.4 is 10.6 Å². The lowest BCUT2D eigenvalue weighted by molar-refractivity contribution is 0.421. The number of aliphatic imine (C=N–C) groups is 1. The van der Waals surface area contributed by atoms with Gasteiger partial charge in [0.2, 0.25) is 0 Å². The van der Waals surface area contributed by atoms with Crippen LogP contribution in [0.15, 0.2) is 69.1 Å². The van der Waals surface area contributed by atoms with E-state index in [9.17, 15) is 0 Å². The van der Waals surface area contributed by atoms with Crippen LogP contribution in [-0.4, -0.2) is 46.0 Å². The molecule has 29 heavy (non-hydrogen) atoms. The Morgan fingerprint density at radius 2 is 1.97 bits per heavy atom. The maximum absolute atomic E-state index is 5.29. The minimum atomic E-state index is 0.268. The number of hydrogen-bond acceptors (Lipinski definition) is 6. The van der Waals surface area contributed by atoms with Gasteiger partial charge >= 0.3 is 0 Å². The van der Waals surface area contributed by atoms with E-state index in [1.165, 1.54) is 17.7 Å². The average molecular weight is 409 g/mol. The normalized spacial score (nSPS) is 15.1. The Morgan fingerprint density at radius 1 is 1.14 bits per heavy atom. The Kier molecular flexibility index (Phi) is 6.09. The molecule has 0 saturated heterocycles. The molecule has 0 aliphatic heterocycles. The first-order valence-corrected chi connectivity index (χ1v) is 10.5. The summed E-state index contributed by atoms with van der Waals surface area (Å²) in [5.74, 6) is 1.88. The van der Waals surface area contributed by atoms with Gasteiger partial charge in [-0.2, -0.15) is 4.98 Å². The summed E-state index contributed by atoms with van der Waals surface area (Å²) >= 11 is 1.95. The molecule has 0 bridgehead atoms. The first-order chi connectivity index (χ1) is 14.3. The second-order valence-corrected chi connectivity index (χ2v) is 8.47. The number of nitrogens with one attached hydrogen (secondary N) is 2. The molecule has 1 fully saturated rings. The van der Waals surface area contributed by atoms with Gasteiger partial charge in [0.15, 0.2) is 11.8 Å². The van der Waals surface area contributed by atoms with E-state index in [2.05, 4.69) is 61.1 Å². The monoisotopic (exact) mass is 408 g/mol. The number of hydrogen-bond donors (Lipinski definition) is 2. The SMILES string of the molecule is CN=C(NCCc1noc(-c2ccccn2)n1)NCC1(Sc2ccccc2)CC1. The van der Waals surface area contributed by atoms with E-state index in [1.807, 2.05) is 30.0 Å². The van der Waals surface area contributed by atoms with Crippen molar-refractivity contribution in [1.29, 1.82) is 0 Å². The molecule has 2 aromatic heterocycles. The lowest BCUT2D eigenvalue weighted by Crippen LogP contribution is -2.41. The Balaban J connectivity index is 1.23. The number of nitrogens with zero attached hydrogens (tertiary/aromatic N) is 4. The van der Waals surface area contributed by atoms with Gasteiger partial charge in [0.1, 0.15) is 5.69 Å². The standard InChI is InChI=1S/C21H24N6OS/c1-22-20(25-15-21(11-12-21)29-16-7-3-2-4-8-16)24-14-10-18-26-19(28-27-18)17-9-5-6-13-23-17/h2-9,13H,10-12,14-15H2,1H3,(H2,22,24,25). The summed E-state index contributed by atoms with van der Waals surface area (Å²) in [7, 11) is 1.78. The van der Waals surface area contributed by atoms with Crippen molar-refractivity contribution in [1.82, 2.24) is 25.8 Å². The van der Waals surface area contributed by atoms with E-state index in [4.69, 9.17) is 4.52 Å². The van der Waals surface area contributed by atoms with E-state index in [0.29, 0.717) is 30.4 Å². The summed E-state index contributed by atoms with van der Waals surface area (Å²) in [6, 6.07) is 16.2. The Morgan fingerprint density at radius 3 is 2.69 bits per heavy atom. The fourth-order valence-electron chi connectivity index (χ4n) is 2.90. The summed E-state index contributed by atoms with van der Waals surface area (Å²) in [6.45, 7) is 1.55. The molecular formula is C21H24N6OS. The van der Waals surface area contributed by atoms with Crippen molar-refractivity contribution in [2.45, 2.75) is 28.9 Å². The van der Waals surface area contributed by atoms with Crippen molar-refractivity contribution in [3.63, 3.8) is 0 Å². The average Bonchev–Trinajstić information content (AvgIpc) is 3.36. The smallest absolute Gasteiger partial charge is 0.276 e. The molecule has 3 aromatic rings. The third kappa shape index (κ3) is 5.35. The van der Waals surface area contributed by atoms with Crippen LogP contribution >= 0.6 is 11.8 Å². The highest BCUT2D eigenvalue weighted by atomic mass is 32.2. The lowest BCUT2D eigenvalue weighted by atomic mass is 10.3. The molecule has 0 amide bonds. The fourth-order valence-corrected chi connectivity index (χ4v) is 4.14. The third-order valence-electron chi connectivity index (χ3n) is 4.68. The summed E-state index contributed by atoms with van der Waals surface area (Å²) in [6.07, 6.45) is 4.78. The van der Waals surface area contributed by atoms with E-state index >= 15 is 0 Å². The zero-order valence-electron chi connectivity index (χ0n) is 16.3. The van der Waals surface area contributed by atoms with E-state index in [1.54, 1.807) is 13.2 Å². The van der Waals surface area contributed by atoms with Gasteiger partial charge < -0.3 is 15.2 Å². The summed E-state index contributed by atoms with van der Waals surface area (Å²) in [5, 5.41) is 10.8. The fraction of sp³-hybridized carbons (Fsp3) is 0.333. The molecule has 0 spiro atoms. The van der Waals surface area contributed by atoms with Crippen molar-refractivity contribution < 1.29 is 4.52 Å². The molecule has 4 rings (SSSR count). The summed E-state index contributed by atoms with van der Waals surface area (Å²) in [5.41, 5.74) is 0.683. The molecular weight excluding hydrogens is 384 g/mol. The van der Waals surface area contributed by atoms with Crippen molar-refractivity contribution in [3.8, 4) is 11.6 Å². The van der Waals surface area contributed by atoms with Gasteiger partial charge in [-0.3, -0.25) is 9.98 Å². The molecule has 8 heteroatoms. The molecule has 2 heterocycles. The van der Waals surface area contributed by atoms with Crippen LogP contribution in [0.3, 0.4) is 0 Å². The van der Waals surface area contributed by atoms with Crippen LogP contribution in [0, 0.1) is 0 Å². The maximum Gasteiger partial charge on any atom is 0.276 e. The molecule has 150 valence electrons. The van der Waals surface area contributed by atoms with Crippen LogP contribution in [0.4, 0.5) is 0 Å². The van der Waals surface area contributed by atoms with Crippen molar-refractivity contribution in [2.24, 2.45) is 4.99 Å². The number of pyridine rings is 1. The number of thioether (sulfide) groups is 1. The van der Waals surface area contributed by atoms with Gasteiger partial charge in [-0.1, -0.05) is 29.4 Å². The largest absolute Gasteiger partial charge is 0.356 e. The highest BCUT2D eigenvalue weighted by molar-refractivity contribution is 8.01. The van der Waals surface area contributed by atoms with Crippen LogP contribution in [0.2, 0.25) is 0 Å². The van der Waals surface area contributed by atoms with Gasteiger partial charge in [-0.15, -0.1) is 11.8 Å². The number of rotatable bonds is 8. The molecule has 0 unspecified atom stereocenters. The maximum atomic E-state index is 5.29. The zero-order valence-corrected chi connectivity index (χ0v) is 17.2. The van der Waals surface area contributed by atoms with Gasteiger partial charge in [-0.25, -0.2) is 0 Å². The molecule has 1 saturated carbocycles. The van der Waals surface area contributed by atoms with Crippen molar-refractivity contribution in [2.75, 3.05) is 20.1 Å². The molecule has 0 radical (unpaired) electrons. The van der Waals surface area contributed by atoms with Crippen molar-refractivity contribution in [3.05, 3.63) is 60.6 Å². The quantitative estimate of drug-likeness (QED) is 0.437. The number of aromatic nitrogens is 3. The molecule has 1 aromatic carbocycles. The van der Waals surface area contributed by atoms with Gasteiger partial charge in [0.25, 0.3) is 5.89 Å². The second-order valence-electron chi connectivity index (χ2n) is 6.93. The topological polar surface area (TPSA) is 88.2 Å². The van der Waals surface area contributed by atoms with Crippen LogP contribution in [0.5, 0.6) is 0 Å². The van der Waals surface area contributed by atoms with Crippen molar-refractivity contribution >= 4 is 17.7 Å². The highest BCUT2D eigenvalue weighted by Gasteiger charge is 2.43. The summed E-state index contributed by atoms with van der Waals surface area (Å²) in [4.78, 5) is 14.3. The van der Waals surface area contributed by atoms with E-state index in [0.717, 1.165) is 12.5 Å². The first kappa shape index (κ1) is 19.4. The number of guanidine groups is 1. The Hall–Kier alpha value is -2.87. The molecule has 7 nitrogen and oxygen atoms in total. The third-order valence-corrected chi connectivity index (χ3v) is 6.17. The minimum absolute atomic E-state index is 0.268. The minimum Gasteiger partial charge on any atom is -0.356 e. The predicted octanol–water partition coefficient (Wildman–Crippen LogP) is 3.16. The van der Waals surface area contributed by atoms with Gasteiger partial charge in [0, 0.05) is 42.4 Å². The summed E-state index contributed by atoms with van der Waals surface area (Å²) < 4.78 is 5.56. The molecule has 2 N–H and O–H groups in total. The van der Waals surface area contributed by atoms with Crippen LogP contribution in [0.1, 0.15) is 18.7 Å². The van der Waals surface area contributed by atoms with Gasteiger partial charge in [-0.05, 0) is 37.1 Å². The zero-order chi connectivity index (χ0) is 19.9. The lowest BCUT2D eigenvalue weighted by Gasteiger charge is -2.18. The van der Waals surface area contributed by atoms with Crippen LogP contribution in [0.25, 0.3) is 11.6 Å². The predicted molar refractivity (Wildman–Crippen MR) is 115 cm³/mol. The van der Waals surface area contributed by atoms with E-state index < -0.39 is 0 Å². The Labute approximate surface area is 174 Å². The molecule has 0 atom stereocenters. The van der Waals surface area contributed by atoms with Gasteiger partial charge in [0.05, 0.1) is 0 Å². The first-order valence-electron chi connectivity index (χ1n) is 9.69. The second kappa shape index (κ2) is 9.09. The highest BCUT2D eigenvalue weighted by Crippen LogP contribution is 2.51. The Bertz CT molecular complexity index is 940. The van der Waals surface area contributed by atoms with E-state index in [-0.39, 0.29) is 4.75 Å². The number of benzene rings is 1. The molecule has 1 aliphatic rings. The van der Waals surface area contributed by atoms with Crippen LogP contribution in [-0.2, 0) is 6.42 Å². The molecule has 1 aliphatic carbocycles.